The smallest absolute Gasteiger partial charge is 0.254 e. The monoisotopic (exact) mass is 544 g/mol. The first-order valence-corrected chi connectivity index (χ1v) is 14.3. The molecule has 2 saturated heterocycles. The van der Waals surface area contributed by atoms with Crippen molar-refractivity contribution < 1.29 is 27.8 Å². The lowest BCUT2D eigenvalue weighted by molar-refractivity contribution is -0.0452. The summed E-state index contributed by atoms with van der Waals surface area (Å²) >= 11 is 0. The summed E-state index contributed by atoms with van der Waals surface area (Å²) in [6, 6.07) is 3.98. The number of likely N-dealkylation sites (tertiary alicyclic amines) is 1. The van der Waals surface area contributed by atoms with E-state index in [1.807, 2.05) is 41.8 Å². The molecule has 1 spiro atoms. The van der Waals surface area contributed by atoms with Gasteiger partial charge >= 0.3 is 0 Å². The van der Waals surface area contributed by atoms with Crippen LogP contribution in [0.25, 0.3) is 0 Å². The van der Waals surface area contributed by atoms with Crippen LogP contribution in [-0.2, 0) is 26.4 Å². The van der Waals surface area contributed by atoms with E-state index in [1.54, 1.807) is 0 Å². The standard InChI is InChI=1S/C29H38F2N4O4/c1-3-37-12-13-38-22-6-10-34(11-7-22)27(36)23-15-20-16-26-24(29(18-39-29)33-25(20)14-19(23)2)17-32-35(26)21-4-8-28(30,31)9-5-21/h14-15,17,21-22,33H,3-13,16,18H2,1-2H3. The maximum absolute atomic E-state index is 13.9. The van der Waals surface area contributed by atoms with Crippen LogP contribution in [0.5, 0.6) is 0 Å². The highest BCUT2D eigenvalue weighted by Gasteiger charge is 2.52. The van der Waals surface area contributed by atoms with Crippen molar-refractivity contribution in [3.05, 3.63) is 46.3 Å². The first kappa shape index (κ1) is 26.7. The van der Waals surface area contributed by atoms with E-state index < -0.39 is 11.6 Å². The Hall–Kier alpha value is -2.56. The predicted octanol–water partition coefficient (Wildman–Crippen LogP) is 4.80. The summed E-state index contributed by atoms with van der Waals surface area (Å²) in [5, 5.41) is 8.23. The Kier molecular flexibility index (Phi) is 7.14. The molecule has 6 rings (SSSR count). The molecular weight excluding hydrogens is 506 g/mol. The first-order chi connectivity index (χ1) is 18.8. The summed E-state index contributed by atoms with van der Waals surface area (Å²) in [4.78, 5) is 15.6. The van der Waals surface area contributed by atoms with E-state index in [2.05, 4.69) is 10.4 Å². The van der Waals surface area contributed by atoms with Crippen LogP contribution in [0.4, 0.5) is 14.5 Å². The second kappa shape index (κ2) is 10.4. The minimum absolute atomic E-state index is 0.0351. The minimum atomic E-state index is -2.59. The average Bonchev–Trinajstić information content (AvgIpc) is 3.60. The maximum atomic E-state index is 13.9. The van der Waals surface area contributed by atoms with Gasteiger partial charge in [-0.15, -0.1) is 0 Å². The Morgan fingerprint density at radius 1 is 1.18 bits per heavy atom. The quantitative estimate of drug-likeness (QED) is 0.399. The lowest BCUT2D eigenvalue weighted by Gasteiger charge is -2.32. The Morgan fingerprint density at radius 2 is 1.92 bits per heavy atom. The zero-order valence-corrected chi connectivity index (χ0v) is 22.8. The molecular formula is C29H38F2N4O4. The number of epoxide rings is 1. The molecule has 10 heteroatoms. The minimum Gasteiger partial charge on any atom is -0.379 e. The third-order valence-corrected chi connectivity index (χ3v) is 8.69. The lowest BCUT2D eigenvalue weighted by atomic mass is 9.91. The van der Waals surface area contributed by atoms with Gasteiger partial charge in [0.2, 0.25) is 5.92 Å². The summed E-state index contributed by atoms with van der Waals surface area (Å²) in [5.41, 5.74) is 4.87. The molecule has 212 valence electrons. The third kappa shape index (κ3) is 5.30. The molecule has 1 aromatic carbocycles. The van der Waals surface area contributed by atoms with E-state index in [4.69, 9.17) is 14.2 Å². The van der Waals surface area contributed by atoms with Crippen molar-refractivity contribution in [1.82, 2.24) is 14.7 Å². The number of nitrogens with zero attached hydrogens (tertiary/aromatic N) is 3. The molecule has 1 aliphatic carbocycles. The molecule has 1 amide bonds. The molecule has 1 atom stereocenters. The zero-order valence-electron chi connectivity index (χ0n) is 22.8. The van der Waals surface area contributed by atoms with E-state index in [1.165, 1.54) is 0 Å². The number of piperidine rings is 1. The molecule has 0 radical (unpaired) electrons. The number of hydrogen-bond donors (Lipinski definition) is 1. The van der Waals surface area contributed by atoms with E-state index in [9.17, 15) is 13.6 Å². The number of rotatable bonds is 7. The number of fused-ring (bicyclic) bond motifs is 3. The van der Waals surface area contributed by atoms with Gasteiger partial charge in [-0.3, -0.25) is 9.48 Å². The van der Waals surface area contributed by atoms with Crippen LogP contribution in [0, 0.1) is 6.92 Å². The average molecular weight is 545 g/mol. The summed E-state index contributed by atoms with van der Waals surface area (Å²) in [7, 11) is 0. The van der Waals surface area contributed by atoms with Crippen molar-refractivity contribution >= 4 is 11.6 Å². The molecule has 39 heavy (non-hydrogen) atoms. The summed E-state index contributed by atoms with van der Waals surface area (Å²) in [6.45, 7) is 7.64. The largest absolute Gasteiger partial charge is 0.379 e. The fourth-order valence-corrected chi connectivity index (χ4v) is 6.31. The second-order valence-corrected chi connectivity index (χ2v) is 11.3. The zero-order chi connectivity index (χ0) is 27.2. The van der Waals surface area contributed by atoms with E-state index in [0.29, 0.717) is 64.3 Å². The van der Waals surface area contributed by atoms with Crippen LogP contribution in [0.2, 0.25) is 0 Å². The number of ether oxygens (including phenoxy) is 3. The summed E-state index contributed by atoms with van der Waals surface area (Å²) < 4.78 is 46.9. The van der Waals surface area contributed by atoms with Crippen LogP contribution >= 0.6 is 0 Å². The van der Waals surface area contributed by atoms with Gasteiger partial charge in [-0.25, -0.2) is 8.78 Å². The predicted molar refractivity (Wildman–Crippen MR) is 141 cm³/mol. The van der Waals surface area contributed by atoms with Gasteiger partial charge in [-0.05, 0) is 62.8 Å². The number of hydrogen-bond acceptors (Lipinski definition) is 6. The first-order valence-electron chi connectivity index (χ1n) is 14.3. The Bertz CT molecular complexity index is 1210. The molecule has 1 unspecified atom stereocenters. The molecule has 4 aliphatic rings. The molecule has 1 aromatic heterocycles. The van der Waals surface area contributed by atoms with Gasteiger partial charge < -0.3 is 24.4 Å². The van der Waals surface area contributed by atoms with E-state index in [-0.39, 0.29) is 30.9 Å². The van der Waals surface area contributed by atoms with Crippen molar-refractivity contribution in [3.63, 3.8) is 0 Å². The number of carbonyl (C=O) groups excluding carboxylic acids is 1. The van der Waals surface area contributed by atoms with Crippen LogP contribution in [-0.4, -0.2) is 72.1 Å². The fourth-order valence-electron chi connectivity index (χ4n) is 6.31. The van der Waals surface area contributed by atoms with Crippen molar-refractivity contribution in [2.24, 2.45) is 0 Å². The van der Waals surface area contributed by atoms with Gasteiger partial charge in [0.1, 0.15) is 6.61 Å². The van der Waals surface area contributed by atoms with Crippen molar-refractivity contribution in [1.29, 1.82) is 0 Å². The number of carbonyl (C=O) groups is 1. The topological polar surface area (TPSA) is 81.2 Å². The molecule has 8 nitrogen and oxygen atoms in total. The highest BCUT2D eigenvalue weighted by atomic mass is 19.3. The van der Waals surface area contributed by atoms with Gasteiger partial charge in [0, 0.05) is 55.8 Å². The number of aryl methyl sites for hydroxylation is 1. The van der Waals surface area contributed by atoms with Crippen molar-refractivity contribution in [2.45, 2.75) is 82.6 Å². The number of anilines is 1. The Balaban J connectivity index is 1.20. The van der Waals surface area contributed by atoms with Crippen LogP contribution in [0.15, 0.2) is 18.3 Å². The van der Waals surface area contributed by atoms with Gasteiger partial charge in [0.25, 0.3) is 5.91 Å². The molecule has 1 saturated carbocycles. The second-order valence-electron chi connectivity index (χ2n) is 11.3. The van der Waals surface area contributed by atoms with Gasteiger partial charge in [-0.1, -0.05) is 0 Å². The molecule has 3 fully saturated rings. The summed E-state index contributed by atoms with van der Waals surface area (Å²) in [6.07, 6.45) is 4.73. The highest BCUT2D eigenvalue weighted by Crippen LogP contribution is 2.47. The SMILES string of the molecule is CCOCCOC1CCN(C(=O)c2cc3c(cc2C)NC2(CO2)c2cnn(C4CCC(F)(F)CC4)c2C3)CC1. The molecule has 0 bridgehead atoms. The fraction of sp³-hybridized carbons (Fsp3) is 0.655. The van der Waals surface area contributed by atoms with E-state index >= 15 is 0 Å². The van der Waals surface area contributed by atoms with E-state index in [0.717, 1.165) is 40.9 Å². The van der Waals surface area contributed by atoms with Crippen LogP contribution in [0.1, 0.15) is 84.2 Å². The normalized spacial score (nSPS) is 24.7. The Morgan fingerprint density at radius 3 is 2.62 bits per heavy atom. The third-order valence-electron chi connectivity index (χ3n) is 8.69. The molecule has 4 heterocycles. The van der Waals surface area contributed by atoms with Crippen LogP contribution in [0.3, 0.4) is 0 Å². The number of nitrogens with one attached hydrogen (secondary N) is 1. The molecule has 3 aliphatic heterocycles. The number of halogens is 2. The van der Waals surface area contributed by atoms with Crippen molar-refractivity contribution in [3.8, 4) is 0 Å². The number of alkyl halides is 2. The highest BCUT2D eigenvalue weighted by molar-refractivity contribution is 5.96. The Labute approximate surface area is 228 Å². The van der Waals surface area contributed by atoms with Gasteiger partial charge in [-0.2, -0.15) is 5.10 Å². The number of benzene rings is 1. The van der Waals surface area contributed by atoms with Crippen LogP contribution < -0.4 is 5.32 Å². The number of amides is 1. The van der Waals surface area contributed by atoms with Crippen molar-refractivity contribution in [2.75, 3.05) is 44.8 Å². The maximum Gasteiger partial charge on any atom is 0.254 e. The molecule has 1 N–H and O–H groups in total. The summed E-state index contributed by atoms with van der Waals surface area (Å²) in [5.74, 6) is -2.56. The van der Waals surface area contributed by atoms with Gasteiger partial charge in [0.15, 0.2) is 5.72 Å². The molecule has 2 aromatic rings. The number of aromatic nitrogens is 2. The lowest BCUT2D eigenvalue weighted by Crippen LogP contribution is -2.41. The van der Waals surface area contributed by atoms with Gasteiger partial charge in [0.05, 0.1) is 37.3 Å².